The topological polar surface area (TPSA) is 121 Å². The number of carboxylic acid groups (broad SMARTS) is 1. The van der Waals surface area contributed by atoms with Crippen molar-refractivity contribution in [1.82, 2.24) is 15.0 Å². The molecule has 0 aliphatic rings. The molecule has 0 amide bonds. The molecule has 1 N–H and O–H groups in total. The van der Waals surface area contributed by atoms with Crippen LogP contribution in [0, 0.1) is 6.92 Å². The molecule has 2 rings (SSSR count). The molecule has 2 aromatic rings. The van der Waals surface area contributed by atoms with Gasteiger partial charge in [0, 0.05) is 30.4 Å². The van der Waals surface area contributed by atoms with Crippen LogP contribution < -0.4 is 9.47 Å². The number of carboxylic acids is 1. The Morgan fingerprint density at radius 2 is 1.94 bits per heavy atom. The van der Waals surface area contributed by atoms with Crippen molar-refractivity contribution in [3.63, 3.8) is 0 Å². The summed E-state index contributed by atoms with van der Waals surface area (Å²) in [4.78, 5) is 35.2. The number of hydrogen-bond acceptors (Lipinski definition) is 9. The fourth-order valence-electron chi connectivity index (χ4n) is 2.55. The number of aryl methyl sites for hydroxylation is 1. The normalized spacial score (nSPS) is 10.6. The van der Waals surface area contributed by atoms with Gasteiger partial charge in [-0.3, -0.25) is 9.59 Å². The zero-order valence-corrected chi connectivity index (χ0v) is 19.1. The molecule has 9 nitrogen and oxygen atoms in total. The number of carbonyl (C=O) groups excluding carboxylic acids is 1. The van der Waals surface area contributed by atoms with E-state index in [2.05, 4.69) is 15.0 Å². The molecular weight excluding hydrogens is 446 g/mol. The minimum Gasteiger partial charge on any atom is -0.481 e. The quantitative estimate of drug-likeness (QED) is 0.161. The molecular formula is C20H24ClN3O6S. The molecule has 0 atom stereocenters. The third kappa shape index (κ3) is 7.55. The summed E-state index contributed by atoms with van der Waals surface area (Å²) >= 11 is 7.54. The summed E-state index contributed by atoms with van der Waals surface area (Å²) in [6.45, 7) is 3.50. The van der Waals surface area contributed by atoms with Gasteiger partial charge in [-0.05, 0) is 31.4 Å². The van der Waals surface area contributed by atoms with Crippen molar-refractivity contribution >= 4 is 35.3 Å². The summed E-state index contributed by atoms with van der Waals surface area (Å²) in [6.07, 6.45) is 2.29. The number of aliphatic carboxylic acids is 1. The number of esters is 1. The Morgan fingerprint density at radius 1 is 1.19 bits per heavy atom. The number of thioether (sulfide) groups is 1. The highest BCUT2D eigenvalue weighted by atomic mass is 35.5. The fraction of sp³-hybridized carbons (Fsp3) is 0.450. The molecule has 0 spiro atoms. The molecule has 0 fully saturated rings. The molecule has 0 radical (unpaired) electrons. The fourth-order valence-corrected chi connectivity index (χ4v) is 3.84. The zero-order chi connectivity index (χ0) is 22.8. The second-order valence-electron chi connectivity index (χ2n) is 6.36. The second kappa shape index (κ2) is 12.3. The van der Waals surface area contributed by atoms with Crippen molar-refractivity contribution in [2.75, 3.05) is 13.9 Å². The van der Waals surface area contributed by atoms with Crippen LogP contribution in [0.2, 0.25) is 5.15 Å². The largest absolute Gasteiger partial charge is 0.481 e. The van der Waals surface area contributed by atoms with Crippen molar-refractivity contribution < 1.29 is 28.9 Å². The first kappa shape index (κ1) is 24.7. The average Bonchev–Trinajstić information content (AvgIpc) is 2.72. The average molecular weight is 470 g/mol. The zero-order valence-electron chi connectivity index (χ0n) is 17.5. The predicted molar refractivity (Wildman–Crippen MR) is 115 cm³/mol. The van der Waals surface area contributed by atoms with Gasteiger partial charge in [-0.25, -0.2) is 4.98 Å². The van der Waals surface area contributed by atoms with Gasteiger partial charge in [0.05, 0.1) is 12.7 Å². The van der Waals surface area contributed by atoms with Gasteiger partial charge in [0.1, 0.15) is 5.15 Å². The first-order valence-corrected chi connectivity index (χ1v) is 10.9. The molecule has 2 heterocycles. The molecule has 0 aliphatic carbocycles. The number of carbonyl (C=O) groups is 2. The van der Waals surface area contributed by atoms with Crippen LogP contribution in [-0.2, 0) is 26.5 Å². The van der Waals surface area contributed by atoms with Gasteiger partial charge in [-0.15, -0.1) is 0 Å². The number of rotatable bonds is 12. The van der Waals surface area contributed by atoms with E-state index in [0.29, 0.717) is 33.9 Å². The maximum atomic E-state index is 11.7. The number of pyridine rings is 1. The van der Waals surface area contributed by atoms with E-state index < -0.39 is 11.9 Å². The van der Waals surface area contributed by atoms with Crippen LogP contribution in [0.4, 0.5) is 0 Å². The van der Waals surface area contributed by atoms with Crippen molar-refractivity contribution in [3.8, 4) is 11.8 Å². The SMILES string of the molecule is CCc1c(OC)nc(SCc2c(C)ccnc2Cl)nc1OCOC(=O)CCCC(=O)O. The monoisotopic (exact) mass is 469 g/mol. The summed E-state index contributed by atoms with van der Waals surface area (Å²) in [6, 6.07) is 1.88. The van der Waals surface area contributed by atoms with E-state index in [0.717, 1.165) is 11.1 Å². The molecule has 0 saturated heterocycles. The molecule has 11 heteroatoms. The van der Waals surface area contributed by atoms with E-state index in [1.54, 1.807) is 6.20 Å². The Hall–Kier alpha value is -2.59. The van der Waals surface area contributed by atoms with Crippen LogP contribution >= 0.6 is 23.4 Å². The summed E-state index contributed by atoms with van der Waals surface area (Å²) in [7, 11) is 1.50. The Balaban J connectivity index is 2.06. The van der Waals surface area contributed by atoms with Gasteiger partial charge in [0.2, 0.25) is 18.6 Å². The molecule has 168 valence electrons. The first-order valence-electron chi connectivity index (χ1n) is 9.53. The van der Waals surface area contributed by atoms with Crippen LogP contribution in [0.25, 0.3) is 0 Å². The van der Waals surface area contributed by atoms with E-state index in [4.69, 9.17) is 30.9 Å². The Morgan fingerprint density at radius 3 is 2.58 bits per heavy atom. The third-order valence-electron chi connectivity index (χ3n) is 4.23. The van der Waals surface area contributed by atoms with Crippen LogP contribution in [0.3, 0.4) is 0 Å². The van der Waals surface area contributed by atoms with E-state index in [-0.39, 0.29) is 31.9 Å². The Labute approximate surface area is 189 Å². The van der Waals surface area contributed by atoms with Crippen molar-refractivity contribution in [3.05, 3.63) is 34.1 Å². The van der Waals surface area contributed by atoms with Crippen molar-refractivity contribution in [2.24, 2.45) is 0 Å². The molecule has 0 unspecified atom stereocenters. The van der Waals surface area contributed by atoms with Crippen LogP contribution in [0.1, 0.15) is 42.9 Å². The molecule has 0 bridgehead atoms. The summed E-state index contributed by atoms with van der Waals surface area (Å²) < 4.78 is 16.0. The lowest BCUT2D eigenvalue weighted by molar-refractivity contribution is -0.150. The van der Waals surface area contributed by atoms with Gasteiger partial charge >= 0.3 is 11.9 Å². The summed E-state index contributed by atoms with van der Waals surface area (Å²) in [5.41, 5.74) is 2.54. The smallest absolute Gasteiger partial charge is 0.308 e. The predicted octanol–water partition coefficient (Wildman–Crippen LogP) is 3.83. The van der Waals surface area contributed by atoms with E-state index in [1.165, 1.54) is 18.9 Å². The third-order valence-corrected chi connectivity index (χ3v) is 5.43. The van der Waals surface area contributed by atoms with Crippen LogP contribution in [-0.4, -0.2) is 45.9 Å². The molecule has 31 heavy (non-hydrogen) atoms. The Kier molecular flexibility index (Phi) is 9.80. The standard InChI is InChI=1S/C20H24ClN3O6S/c1-4-13-18(28-3)23-20(31-10-14-12(2)8-9-22-17(14)21)24-19(13)30-11-29-16(27)7-5-6-15(25)26/h8-9H,4-7,10-11H2,1-3H3,(H,25,26). The van der Waals surface area contributed by atoms with Gasteiger partial charge in [0.25, 0.3) is 0 Å². The van der Waals surface area contributed by atoms with Crippen LogP contribution in [0.15, 0.2) is 17.4 Å². The Bertz CT molecular complexity index is 908. The number of aromatic nitrogens is 3. The van der Waals surface area contributed by atoms with E-state index in [9.17, 15) is 9.59 Å². The van der Waals surface area contributed by atoms with Crippen molar-refractivity contribution in [1.29, 1.82) is 0 Å². The summed E-state index contributed by atoms with van der Waals surface area (Å²) in [5, 5.41) is 9.46. The van der Waals surface area contributed by atoms with Gasteiger partial charge in [-0.2, -0.15) is 9.97 Å². The van der Waals surface area contributed by atoms with Gasteiger partial charge in [0.15, 0.2) is 5.16 Å². The number of halogens is 1. The highest BCUT2D eigenvalue weighted by molar-refractivity contribution is 7.98. The first-order chi connectivity index (χ1) is 14.8. The number of nitrogens with zero attached hydrogens (tertiary/aromatic N) is 3. The lowest BCUT2D eigenvalue weighted by Crippen LogP contribution is -2.13. The van der Waals surface area contributed by atoms with Gasteiger partial charge in [-0.1, -0.05) is 30.3 Å². The molecule has 0 aliphatic heterocycles. The minimum atomic E-state index is -0.961. The second-order valence-corrected chi connectivity index (χ2v) is 7.66. The lowest BCUT2D eigenvalue weighted by atomic mass is 10.2. The van der Waals surface area contributed by atoms with Crippen molar-refractivity contribution in [2.45, 2.75) is 50.4 Å². The molecule has 0 aromatic carbocycles. The number of hydrogen-bond donors (Lipinski definition) is 1. The molecule has 0 saturated carbocycles. The van der Waals surface area contributed by atoms with E-state index in [1.807, 2.05) is 19.9 Å². The van der Waals surface area contributed by atoms with E-state index >= 15 is 0 Å². The minimum absolute atomic E-state index is 0.00425. The summed E-state index contributed by atoms with van der Waals surface area (Å²) in [5.74, 6) is -0.374. The number of methoxy groups -OCH3 is 1. The van der Waals surface area contributed by atoms with Crippen LogP contribution in [0.5, 0.6) is 11.8 Å². The maximum Gasteiger partial charge on any atom is 0.308 e. The lowest BCUT2D eigenvalue weighted by Gasteiger charge is -2.14. The molecule has 2 aromatic heterocycles. The highest BCUT2D eigenvalue weighted by Crippen LogP contribution is 2.32. The highest BCUT2D eigenvalue weighted by Gasteiger charge is 2.17. The number of ether oxygens (including phenoxy) is 3. The maximum absolute atomic E-state index is 11.7. The van der Waals surface area contributed by atoms with Gasteiger partial charge < -0.3 is 19.3 Å².